The maximum atomic E-state index is 12.2. The lowest BCUT2D eigenvalue weighted by atomic mass is 9.84. The number of piperazine rings is 1. The molecule has 1 amide bonds. The maximum absolute atomic E-state index is 12.2. The first-order valence-electron chi connectivity index (χ1n) is 8.32. The Kier molecular flexibility index (Phi) is 4.32. The number of carbonyl (C=O) groups is 1. The summed E-state index contributed by atoms with van der Waals surface area (Å²) in [5.41, 5.74) is 0. The van der Waals surface area contributed by atoms with Gasteiger partial charge < -0.3 is 10.2 Å². The van der Waals surface area contributed by atoms with Crippen LogP contribution in [0.4, 0.5) is 0 Å². The van der Waals surface area contributed by atoms with Gasteiger partial charge in [0.05, 0.1) is 6.54 Å². The minimum absolute atomic E-state index is 0.227. The average Bonchev–Trinajstić information content (AvgIpc) is 3.03. The van der Waals surface area contributed by atoms with Crippen molar-refractivity contribution in [1.29, 1.82) is 0 Å². The van der Waals surface area contributed by atoms with E-state index in [2.05, 4.69) is 29.1 Å². The molecule has 0 radical (unpaired) electrons. The Labute approximate surface area is 122 Å². The topological polar surface area (TPSA) is 35.6 Å². The van der Waals surface area contributed by atoms with E-state index in [1.807, 2.05) is 0 Å². The monoisotopic (exact) mass is 279 g/mol. The SMILES string of the molecule is C[C@H](NC(=O)CN1CCN(C)CC1)[C@@H]1C[C@@H]2CC[C@@H]1C2. The van der Waals surface area contributed by atoms with Crippen molar-refractivity contribution in [2.75, 3.05) is 39.8 Å². The molecule has 4 nitrogen and oxygen atoms in total. The van der Waals surface area contributed by atoms with Crippen molar-refractivity contribution >= 4 is 5.91 Å². The fourth-order valence-electron chi connectivity index (χ4n) is 4.52. The molecule has 0 unspecified atom stereocenters. The van der Waals surface area contributed by atoms with Crippen molar-refractivity contribution in [3.63, 3.8) is 0 Å². The number of likely N-dealkylation sites (N-methyl/N-ethyl adjacent to an activating group) is 1. The minimum atomic E-state index is 0.227. The fraction of sp³-hybridized carbons (Fsp3) is 0.938. The van der Waals surface area contributed by atoms with Gasteiger partial charge in [-0.15, -0.1) is 0 Å². The molecule has 2 bridgehead atoms. The molecular formula is C16H29N3O. The van der Waals surface area contributed by atoms with Crippen LogP contribution in [-0.4, -0.2) is 61.5 Å². The van der Waals surface area contributed by atoms with E-state index in [-0.39, 0.29) is 5.91 Å². The molecule has 2 aliphatic carbocycles. The third-order valence-corrected chi connectivity index (χ3v) is 5.79. The van der Waals surface area contributed by atoms with Crippen LogP contribution in [0.2, 0.25) is 0 Å². The van der Waals surface area contributed by atoms with E-state index in [1.54, 1.807) is 0 Å². The molecule has 1 heterocycles. The predicted molar refractivity (Wildman–Crippen MR) is 80.5 cm³/mol. The molecule has 1 aliphatic heterocycles. The van der Waals surface area contributed by atoms with E-state index in [1.165, 1.54) is 25.7 Å². The minimum Gasteiger partial charge on any atom is -0.352 e. The van der Waals surface area contributed by atoms with Crippen LogP contribution in [0.15, 0.2) is 0 Å². The van der Waals surface area contributed by atoms with Crippen molar-refractivity contribution in [2.24, 2.45) is 17.8 Å². The normalized spacial score (nSPS) is 36.2. The van der Waals surface area contributed by atoms with Crippen LogP contribution in [0.3, 0.4) is 0 Å². The highest BCUT2D eigenvalue weighted by Crippen LogP contribution is 2.49. The van der Waals surface area contributed by atoms with E-state index in [0.717, 1.165) is 43.9 Å². The summed E-state index contributed by atoms with van der Waals surface area (Å²) in [5, 5.41) is 3.27. The summed E-state index contributed by atoms with van der Waals surface area (Å²) < 4.78 is 0. The number of carbonyl (C=O) groups excluding carboxylic acids is 1. The first-order chi connectivity index (χ1) is 9.61. The van der Waals surface area contributed by atoms with Crippen molar-refractivity contribution < 1.29 is 4.79 Å². The molecule has 1 N–H and O–H groups in total. The molecule has 0 aromatic rings. The molecule has 3 aliphatic rings. The summed E-state index contributed by atoms with van der Waals surface area (Å²) in [5.74, 6) is 2.82. The van der Waals surface area contributed by atoms with Crippen LogP contribution in [0.25, 0.3) is 0 Å². The first-order valence-corrected chi connectivity index (χ1v) is 8.32. The second-order valence-corrected chi connectivity index (χ2v) is 7.27. The summed E-state index contributed by atoms with van der Waals surface area (Å²) in [4.78, 5) is 16.8. The average molecular weight is 279 g/mol. The quantitative estimate of drug-likeness (QED) is 0.839. The molecule has 3 rings (SSSR count). The summed E-state index contributed by atoms with van der Waals surface area (Å²) in [6.45, 7) is 7.00. The standard InChI is InChI=1S/C16H29N3O/c1-12(15-10-13-3-4-14(15)9-13)17-16(20)11-19-7-5-18(2)6-8-19/h12-15H,3-11H2,1-2H3,(H,17,20)/t12-,13+,14+,15-/m0/s1. The zero-order valence-corrected chi connectivity index (χ0v) is 13.0. The molecule has 2 saturated carbocycles. The van der Waals surface area contributed by atoms with Gasteiger partial charge in [0.2, 0.25) is 5.91 Å². The number of rotatable bonds is 4. The van der Waals surface area contributed by atoms with Crippen molar-refractivity contribution in [2.45, 2.75) is 38.6 Å². The molecule has 4 heteroatoms. The van der Waals surface area contributed by atoms with Gasteiger partial charge in [-0.3, -0.25) is 9.69 Å². The zero-order chi connectivity index (χ0) is 14.1. The number of amides is 1. The summed E-state index contributed by atoms with van der Waals surface area (Å²) in [6, 6.07) is 0.366. The Morgan fingerprint density at radius 1 is 1.20 bits per heavy atom. The van der Waals surface area contributed by atoms with E-state index in [0.29, 0.717) is 12.6 Å². The summed E-state index contributed by atoms with van der Waals surface area (Å²) in [7, 11) is 2.15. The van der Waals surface area contributed by atoms with Crippen molar-refractivity contribution in [1.82, 2.24) is 15.1 Å². The molecule has 4 atom stereocenters. The molecule has 3 fully saturated rings. The van der Waals surface area contributed by atoms with E-state index in [9.17, 15) is 4.79 Å². The highest BCUT2D eigenvalue weighted by molar-refractivity contribution is 5.78. The largest absolute Gasteiger partial charge is 0.352 e. The van der Waals surface area contributed by atoms with Gasteiger partial charge in [0.25, 0.3) is 0 Å². The number of hydrogen-bond donors (Lipinski definition) is 1. The van der Waals surface area contributed by atoms with Crippen LogP contribution in [0, 0.1) is 17.8 Å². The maximum Gasteiger partial charge on any atom is 0.234 e. The Hall–Kier alpha value is -0.610. The predicted octanol–water partition coefficient (Wildman–Crippen LogP) is 1.17. The van der Waals surface area contributed by atoms with Crippen molar-refractivity contribution in [3.05, 3.63) is 0 Å². The van der Waals surface area contributed by atoms with Crippen LogP contribution in [0.5, 0.6) is 0 Å². The van der Waals surface area contributed by atoms with Gasteiger partial charge in [0.1, 0.15) is 0 Å². The molecule has 1 saturated heterocycles. The third kappa shape index (κ3) is 3.17. The van der Waals surface area contributed by atoms with Crippen molar-refractivity contribution in [3.8, 4) is 0 Å². The third-order valence-electron chi connectivity index (χ3n) is 5.79. The zero-order valence-electron chi connectivity index (χ0n) is 13.0. The van der Waals surface area contributed by atoms with Gasteiger partial charge in [-0.1, -0.05) is 6.42 Å². The molecule has 0 spiro atoms. The Morgan fingerprint density at radius 3 is 2.55 bits per heavy atom. The number of hydrogen-bond acceptors (Lipinski definition) is 3. The smallest absolute Gasteiger partial charge is 0.234 e. The van der Waals surface area contributed by atoms with Crippen LogP contribution in [0.1, 0.15) is 32.6 Å². The Balaban J connectivity index is 1.42. The van der Waals surface area contributed by atoms with E-state index >= 15 is 0 Å². The Morgan fingerprint density at radius 2 is 1.95 bits per heavy atom. The second kappa shape index (κ2) is 6.02. The highest BCUT2D eigenvalue weighted by Gasteiger charge is 2.42. The van der Waals surface area contributed by atoms with Crippen LogP contribution >= 0.6 is 0 Å². The fourth-order valence-corrected chi connectivity index (χ4v) is 4.52. The van der Waals surface area contributed by atoms with E-state index < -0.39 is 0 Å². The molecule has 0 aromatic heterocycles. The molecule has 0 aromatic carbocycles. The van der Waals surface area contributed by atoms with Gasteiger partial charge in [0.15, 0.2) is 0 Å². The summed E-state index contributed by atoms with van der Waals surface area (Å²) in [6.07, 6.45) is 5.60. The number of fused-ring (bicyclic) bond motifs is 2. The molecule has 20 heavy (non-hydrogen) atoms. The second-order valence-electron chi connectivity index (χ2n) is 7.27. The Bertz CT molecular complexity index is 352. The van der Waals surface area contributed by atoms with Gasteiger partial charge in [0, 0.05) is 32.2 Å². The van der Waals surface area contributed by atoms with Gasteiger partial charge in [-0.2, -0.15) is 0 Å². The molecule has 114 valence electrons. The van der Waals surface area contributed by atoms with Crippen LogP contribution < -0.4 is 5.32 Å². The highest BCUT2D eigenvalue weighted by atomic mass is 16.2. The lowest BCUT2D eigenvalue weighted by molar-refractivity contribution is -0.123. The lowest BCUT2D eigenvalue weighted by Gasteiger charge is -2.33. The number of nitrogens with one attached hydrogen (secondary N) is 1. The van der Waals surface area contributed by atoms with E-state index in [4.69, 9.17) is 0 Å². The van der Waals surface area contributed by atoms with Crippen LogP contribution in [-0.2, 0) is 4.79 Å². The van der Waals surface area contributed by atoms with Gasteiger partial charge in [-0.05, 0) is 51.0 Å². The summed E-state index contributed by atoms with van der Waals surface area (Å²) >= 11 is 0. The molecular weight excluding hydrogens is 250 g/mol. The lowest BCUT2D eigenvalue weighted by Crippen LogP contribution is -2.50. The van der Waals surface area contributed by atoms with Gasteiger partial charge in [-0.25, -0.2) is 0 Å². The van der Waals surface area contributed by atoms with Gasteiger partial charge >= 0.3 is 0 Å². The first kappa shape index (κ1) is 14.3. The number of nitrogens with zero attached hydrogens (tertiary/aromatic N) is 2.